The van der Waals surface area contributed by atoms with E-state index < -0.39 is 0 Å². The maximum atomic E-state index is 11.3. The Morgan fingerprint density at radius 3 is 2.65 bits per heavy atom. The molecule has 1 aromatic rings. The van der Waals surface area contributed by atoms with E-state index in [9.17, 15) is 4.79 Å². The van der Waals surface area contributed by atoms with Crippen LogP contribution in [0.5, 0.6) is 0 Å². The Balaban J connectivity index is 1.67. The molecular weight excluding hydrogens is 210 g/mol. The van der Waals surface area contributed by atoms with Gasteiger partial charge in [-0.1, -0.05) is 30.3 Å². The molecule has 1 heterocycles. The van der Waals surface area contributed by atoms with Gasteiger partial charge in [0.2, 0.25) is 0 Å². The number of hydrogen-bond acceptors (Lipinski definition) is 2. The summed E-state index contributed by atoms with van der Waals surface area (Å²) >= 11 is 0. The molecule has 17 heavy (non-hydrogen) atoms. The van der Waals surface area contributed by atoms with E-state index in [1.807, 2.05) is 0 Å². The highest BCUT2D eigenvalue weighted by molar-refractivity contribution is 5.76. The van der Waals surface area contributed by atoms with Crippen LogP contribution in [-0.4, -0.2) is 22.8 Å². The number of carbonyl (C=O) groups is 1. The number of fused-ring (bicyclic) bond motifs is 1. The molecular formula is C15H19NO. The minimum absolute atomic E-state index is 0.332. The molecule has 0 aromatic heterocycles. The lowest BCUT2D eigenvalue weighted by atomic mass is 9.64. The summed E-state index contributed by atoms with van der Waals surface area (Å²) in [6, 6.07) is 11.9. The molecule has 0 radical (unpaired) electrons. The van der Waals surface area contributed by atoms with Crippen LogP contribution in [0.4, 0.5) is 0 Å². The lowest BCUT2D eigenvalue weighted by Gasteiger charge is -2.62. The number of Topliss-reactive ketones (excluding diaryl/α,β-unsaturated/α-hetero) is 1. The van der Waals surface area contributed by atoms with Gasteiger partial charge in [-0.15, -0.1) is 0 Å². The van der Waals surface area contributed by atoms with Crippen LogP contribution in [0.15, 0.2) is 30.3 Å². The van der Waals surface area contributed by atoms with Crippen molar-refractivity contribution in [2.75, 3.05) is 0 Å². The molecule has 1 saturated carbocycles. The Morgan fingerprint density at radius 1 is 1.29 bits per heavy atom. The molecule has 2 nitrogen and oxygen atoms in total. The highest BCUT2D eigenvalue weighted by Crippen LogP contribution is 2.48. The average molecular weight is 229 g/mol. The molecule has 1 aliphatic carbocycles. The summed E-state index contributed by atoms with van der Waals surface area (Å²) in [4.78, 5) is 13.8. The molecule has 0 N–H and O–H groups in total. The van der Waals surface area contributed by atoms with Gasteiger partial charge in [-0.05, 0) is 31.2 Å². The van der Waals surface area contributed by atoms with Crippen molar-refractivity contribution in [3.8, 4) is 0 Å². The first-order valence-corrected chi connectivity index (χ1v) is 6.55. The number of rotatable bonds is 4. The van der Waals surface area contributed by atoms with E-state index in [0.717, 1.165) is 24.9 Å². The number of likely N-dealkylation sites (tertiary alicyclic amines) is 1. The summed E-state index contributed by atoms with van der Waals surface area (Å²) in [7, 11) is 0. The molecule has 2 aliphatic rings. The highest BCUT2D eigenvalue weighted by Gasteiger charge is 2.53. The normalized spacial score (nSPS) is 31.2. The molecule has 1 aliphatic heterocycles. The van der Waals surface area contributed by atoms with E-state index in [2.05, 4.69) is 35.2 Å². The molecule has 1 aromatic carbocycles. The van der Waals surface area contributed by atoms with Gasteiger partial charge in [-0.2, -0.15) is 0 Å². The van der Waals surface area contributed by atoms with Crippen molar-refractivity contribution in [1.82, 2.24) is 4.90 Å². The van der Waals surface area contributed by atoms with E-state index in [0.29, 0.717) is 11.8 Å². The van der Waals surface area contributed by atoms with Gasteiger partial charge in [-0.25, -0.2) is 0 Å². The first kappa shape index (κ1) is 11.0. The van der Waals surface area contributed by atoms with Crippen molar-refractivity contribution in [1.29, 1.82) is 0 Å². The van der Waals surface area contributed by atoms with Gasteiger partial charge >= 0.3 is 0 Å². The number of ketones is 1. The smallest absolute Gasteiger partial charge is 0.131 e. The van der Waals surface area contributed by atoms with Crippen LogP contribution in [0.2, 0.25) is 0 Å². The second-order valence-corrected chi connectivity index (χ2v) is 5.44. The van der Waals surface area contributed by atoms with E-state index in [1.165, 1.54) is 18.4 Å². The summed E-state index contributed by atoms with van der Waals surface area (Å²) < 4.78 is 0. The number of hydrogen-bond donors (Lipinski definition) is 0. The minimum Gasteiger partial charge on any atom is -0.300 e. The maximum absolute atomic E-state index is 11.3. The molecule has 3 unspecified atom stereocenters. The minimum atomic E-state index is 0.332. The summed E-state index contributed by atoms with van der Waals surface area (Å²) in [6.07, 6.45) is 3.40. The molecule has 3 atom stereocenters. The van der Waals surface area contributed by atoms with Crippen LogP contribution in [0, 0.1) is 5.92 Å². The number of piperidine rings is 1. The zero-order valence-electron chi connectivity index (χ0n) is 10.3. The average Bonchev–Trinajstić information content (AvgIpc) is 2.27. The second kappa shape index (κ2) is 4.26. The third-order valence-electron chi connectivity index (χ3n) is 4.34. The predicted molar refractivity (Wildman–Crippen MR) is 67.6 cm³/mol. The lowest BCUT2D eigenvalue weighted by Crippen LogP contribution is -2.68. The van der Waals surface area contributed by atoms with E-state index in [1.54, 1.807) is 6.92 Å². The van der Waals surface area contributed by atoms with Crippen molar-refractivity contribution < 1.29 is 4.79 Å². The number of nitrogens with zero attached hydrogens (tertiary/aromatic N) is 1. The summed E-state index contributed by atoms with van der Waals surface area (Å²) in [6.45, 7) is 2.73. The van der Waals surface area contributed by atoms with Crippen molar-refractivity contribution in [3.63, 3.8) is 0 Å². The maximum Gasteiger partial charge on any atom is 0.131 e. The quantitative estimate of drug-likeness (QED) is 0.791. The Morgan fingerprint density at radius 2 is 2.06 bits per heavy atom. The van der Waals surface area contributed by atoms with Crippen molar-refractivity contribution in [2.24, 2.45) is 5.92 Å². The Bertz CT molecular complexity index is 414. The van der Waals surface area contributed by atoms with Crippen molar-refractivity contribution in [3.05, 3.63) is 35.9 Å². The summed E-state index contributed by atoms with van der Waals surface area (Å²) in [5.74, 6) is 1.14. The zero-order chi connectivity index (χ0) is 11.8. The zero-order valence-corrected chi connectivity index (χ0v) is 10.3. The van der Waals surface area contributed by atoms with Crippen LogP contribution in [0.25, 0.3) is 0 Å². The Kier molecular flexibility index (Phi) is 2.75. The van der Waals surface area contributed by atoms with Crippen LogP contribution >= 0.6 is 0 Å². The SMILES string of the molecule is CC(=O)CC1C2CCC2N1Cc1ccccc1. The largest absolute Gasteiger partial charge is 0.300 e. The number of carbonyl (C=O) groups excluding carboxylic acids is 1. The summed E-state index contributed by atoms with van der Waals surface area (Å²) in [5, 5.41) is 0. The van der Waals surface area contributed by atoms with Gasteiger partial charge in [0.15, 0.2) is 0 Å². The molecule has 90 valence electrons. The van der Waals surface area contributed by atoms with E-state index in [4.69, 9.17) is 0 Å². The van der Waals surface area contributed by atoms with E-state index in [-0.39, 0.29) is 0 Å². The molecule has 2 fully saturated rings. The predicted octanol–water partition coefficient (Wildman–Crippen LogP) is 2.63. The fourth-order valence-electron chi connectivity index (χ4n) is 3.35. The van der Waals surface area contributed by atoms with Gasteiger partial charge in [-0.3, -0.25) is 9.69 Å². The highest BCUT2D eigenvalue weighted by atomic mass is 16.1. The third kappa shape index (κ3) is 1.91. The first-order chi connectivity index (χ1) is 8.25. The molecule has 0 spiro atoms. The molecule has 3 rings (SSSR count). The first-order valence-electron chi connectivity index (χ1n) is 6.55. The van der Waals surface area contributed by atoms with Crippen molar-refractivity contribution in [2.45, 2.75) is 44.8 Å². The molecule has 1 saturated heterocycles. The van der Waals surface area contributed by atoms with E-state index >= 15 is 0 Å². The Labute approximate surface area is 103 Å². The molecule has 0 amide bonds. The Hall–Kier alpha value is -1.15. The van der Waals surface area contributed by atoms with Crippen LogP contribution in [0.3, 0.4) is 0 Å². The monoisotopic (exact) mass is 229 g/mol. The van der Waals surface area contributed by atoms with Gasteiger partial charge in [0.25, 0.3) is 0 Å². The fraction of sp³-hybridized carbons (Fsp3) is 0.533. The lowest BCUT2D eigenvalue weighted by molar-refractivity contribution is -0.143. The van der Waals surface area contributed by atoms with Gasteiger partial charge in [0.05, 0.1) is 0 Å². The van der Waals surface area contributed by atoms with Crippen molar-refractivity contribution >= 4 is 5.78 Å². The second-order valence-electron chi connectivity index (χ2n) is 5.44. The molecule has 2 heteroatoms. The number of benzene rings is 1. The van der Waals surface area contributed by atoms with Gasteiger partial charge < -0.3 is 0 Å². The van der Waals surface area contributed by atoms with Gasteiger partial charge in [0.1, 0.15) is 5.78 Å². The third-order valence-corrected chi connectivity index (χ3v) is 4.34. The van der Waals surface area contributed by atoms with Crippen LogP contribution in [-0.2, 0) is 11.3 Å². The fourth-order valence-corrected chi connectivity index (χ4v) is 3.35. The standard InChI is InChI=1S/C15H19NO/c1-11(17)9-15-13-7-8-14(13)16(15)10-12-5-3-2-4-6-12/h2-6,13-15H,7-10H2,1H3. The topological polar surface area (TPSA) is 20.3 Å². The summed E-state index contributed by atoms with van der Waals surface area (Å²) in [5.41, 5.74) is 1.37. The van der Waals surface area contributed by atoms with Crippen LogP contribution in [0.1, 0.15) is 31.7 Å². The molecule has 0 bridgehead atoms. The van der Waals surface area contributed by atoms with Gasteiger partial charge in [0, 0.05) is 25.0 Å². The van der Waals surface area contributed by atoms with Crippen LogP contribution < -0.4 is 0 Å².